The van der Waals surface area contributed by atoms with E-state index in [2.05, 4.69) is 31.9 Å². The quantitative estimate of drug-likeness (QED) is 0.782. The monoisotopic (exact) mass is 420 g/mol. The fraction of sp³-hybridized carbons (Fsp3) is 0.286. The predicted octanol–water partition coefficient (Wildman–Crippen LogP) is 4.67. The number of aliphatic hydroxyl groups excluding tert-OH is 1. The third-order valence-corrected chi connectivity index (χ3v) is 5.16. The van der Waals surface area contributed by atoms with Crippen molar-refractivity contribution in [2.75, 3.05) is 6.61 Å². The van der Waals surface area contributed by atoms with Gasteiger partial charge in [-0.05, 0) is 61.2 Å². The molecule has 6 heteroatoms. The van der Waals surface area contributed by atoms with Crippen LogP contribution in [0, 0.1) is 0 Å². The molecule has 1 N–H and O–H groups in total. The Labute approximate surface area is 138 Å². The van der Waals surface area contributed by atoms with E-state index in [1.54, 1.807) is 6.07 Å². The second-order valence-corrected chi connectivity index (χ2v) is 6.65. The van der Waals surface area contributed by atoms with Gasteiger partial charge in [0.1, 0.15) is 17.6 Å². The topological polar surface area (TPSA) is 42.6 Å². The SMILES string of the molecule is OC(Cc1cc(Cl)cc2c1OCC2)c1cc(Br)c(Br)o1. The fourth-order valence-electron chi connectivity index (χ4n) is 2.33. The Morgan fingerprint density at radius 2 is 2.10 bits per heavy atom. The zero-order valence-electron chi connectivity index (χ0n) is 10.3. The minimum Gasteiger partial charge on any atom is -0.493 e. The van der Waals surface area contributed by atoms with Gasteiger partial charge in [-0.25, -0.2) is 0 Å². The highest BCUT2D eigenvalue weighted by Gasteiger charge is 2.22. The summed E-state index contributed by atoms with van der Waals surface area (Å²) in [4.78, 5) is 0. The second kappa shape index (κ2) is 5.72. The highest BCUT2D eigenvalue weighted by molar-refractivity contribution is 9.13. The molecule has 1 aromatic heterocycles. The van der Waals surface area contributed by atoms with E-state index in [1.165, 1.54) is 0 Å². The number of aliphatic hydroxyl groups is 1. The smallest absolute Gasteiger partial charge is 0.183 e. The van der Waals surface area contributed by atoms with Crippen LogP contribution in [0.3, 0.4) is 0 Å². The Morgan fingerprint density at radius 3 is 2.80 bits per heavy atom. The molecule has 0 aliphatic carbocycles. The maximum Gasteiger partial charge on any atom is 0.183 e. The third-order valence-electron chi connectivity index (χ3n) is 3.23. The lowest BCUT2D eigenvalue weighted by Gasteiger charge is -2.12. The number of furan rings is 1. The Kier molecular flexibility index (Phi) is 4.13. The van der Waals surface area contributed by atoms with Gasteiger partial charge in [-0.2, -0.15) is 0 Å². The maximum absolute atomic E-state index is 10.3. The van der Waals surface area contributed by atoms with Crippen LogP contribution < -0.4 is 4.74 Å². The van der Waals surface area contributed by atoms with Crippen LogP contribution in [0.1, 0.15) is 23.0 Å². The first kappa shape index (κ1) is 14.4. The van der Waals surface area contributed by atoms with Crippen molar-refractivity contribution >= 4 is 43.5 Å². The Bertz CT molecular complexity index is 635. The Balaban J connectivity index is 1.88. The molecule has 0 radical (unpaired) electrons. The van der Waals surface area contributed by atoms with Gasteiger partial charge in [0.2, 0.25) is 0 Å². The summed E-state index contributed by atoms with van der Waals surface area (Å²) in [5, 5.41) is 11.0. The van der Waals surface area contributed by atoms with Crippen LogP contribution in [-0.2, 0) is 12.8 Å². The zero-order chi connectivity index (χ0) is 14.3. The van der Waals surface area contributed by atoms with Crippen molar-refractivity contribution in [3.05, 3.63) is 49.3 Å². The first-order valence-corrected chi connectivity index (χ1v) is 8.08. The molecule has 0 saturated heterocycles. The molecule has 1 aliphatic rings. The molecular weight excluding hydrogens is 411 g/mol. The van der Waals surface area contributed by atoms with Crippen LogP contribution in [0.25, 0.3) is 0 Å². The summed E-state index contributed by atoms with van der Waals surface area (Å²) in [7, 11) is 0. The summed E-state index contributed by atoms with van der Waals surface area (Å²) in [6, 6.07) is 5.50. The molecule has 3 nitrogen and oxygen atoms in total. The number of hydrogen-bond acceptors (Lipinski definition) is 3. The van der Waals surface area contributed by atoms with Gasteiger partial charge in [0, 0.05) is 17.9 Å². The summed E-state index contributed by atoms with van der Waals surface area (Å²) < 4.78 is 12.4. The molecule has 0 fully saturated rings. The van der Waals surface area contributed by atoms with Gasteiger partial charge in [0.15, 0.2) is 4.67 Å². The number of rotatable bonds is 3. The molecular formula is C14H11Br2ClO3. The van der Waals surface area contributed by atoms with Gasteiger partial charge in [0.05, 0.1) is 11.1 Å². The minimum atomic E-state index is -0.746. The van der Waals surface area contributed by atoms with Crippen molar-refractivity contribution in [3.63, 3.8) is 0 Å². The van der Waals surface area contributed by atoms with E-state index in [-0.39, 0.29) is 0 Å². The van der Waals surface area contributed by atoms with E-state index in [1.807, 2.05) is 12.1 Å². The summed E-state index contributed by atoms with van der Waals surface area (Å²) in [6.45, 7) is 0.663. The lowest BCUT2D eigenvalue weighted by atomic mass is 10.0. The average molecular weight is 422 g/mol. The molecule has 0 amide bonds. The predicted molar refractivity (Wildman–Crippen MR) is 83.4 cm³/mol. The molecule has 1 aliphatic heterocycles. The first-order valence-electron chi connectivity index (χ1n) is 6.11. The van der Waals surface area contributed by atoms with E-state index in [4.69, 9.17) is 20.8 Å². The van der Waals surface area contributed by atoms with Gasteiger partial charge in [-0.1, -0.05) is 11.6 Å². The summed E-state index contributed by atoms with van der Waals surface area (Å²) in [6.07, 6.45) is 0.510. The van der Waals surface area contributed by atoms with Crippen LogP contribution >= 0.6 is 43.5 Å². The fourth-order valence-corrected chi connectivity index (χ4v) is 3.21. The molecule has 1 atom stereocenters. The first-order chi connectivity index (χ1) is 9.54. The van der Waals surface area contributed by atoms with E-state index in [9.17, 15) is 5.11 Å². The van der Waals surface area contributed by atoms with Gasteiger partial charge in [-0.15, -0.1) is 0 Å². The van der Waals surface area contributed by atoms with E-state index < -0.39 is 6.10 Å². The summed E-state index contributed by atoms with van der Waals surface area (Å²) >= 11 is 12.7. The molecule has 0 saturated carbocycles. The number of hydrogen-bond donors (Lipinski definition) is 1. The Morgan fingerprint density at radius 1 is 1.30 bits per heavy atom. The molecule has 106 valence electrons. The molecule has 2 heterocycles. The van der Waals surface area contributed by atoms with Crippen molar-refractivity contribution in [2.45, 2.75) is 18.9 Å². The number of halogens is 3. The number of benzene rings is 1. The highest BCUT2D eigenvalue weighted by Crippen LogP contribution is 2.37. The molecule has 1 aromatic carbocycles. The van der Waals surface area contributed by atoms with E-state index in [0.29, 0.717) is 28.5 Å². The average Bonchev–Trinajstić information content (AvgIpc) is 2.97. The molecule has 2 aromatic rings. The van der Waals surface area contributed by atoms with Gasteiger partial charge < -0.3 is 14.3 Å². The maximum atomic E-state index is 10.3. The number of ether oxygens (including phenoxy) is 1. The van der Waals surface area contributed by atoms with Crippen molar-refractivity contribution in [1.82, 2.24) is 0 Å². The van der Waals surface area contributed by atoms with Crippen molar-refractivity contribution in [2.24, 2.45) is 0 Å². The number of fused-ring (bicyclic) bond motifs is 1. The van der Waals surface area contributed by atoms with Crippen LogP contribution in [0.4, 0.5) is 0 Å². The molecule has 20 heavy (non-hydrogen) atoms. The highest BCUT2D eigenvalue weighted by atomic mass is 79.9. The van der Waals surface area contributed by atoms with Crippen LogP contribution in [-0.4, -0.2) is 11.7 Å². The van der Waals surface area contributed by atoms with E-state index in [0.717, 1.165) is 27.8 Å². The lowest BCUT2D eigenvalue weighted by Crippen LogP contribution is -2.02. The molecule has 1 unspecified atom stereocenters. The third kappa shape index (κ3) is 2.77. The van der Waals surface area contributed by atoms with Gasteiger partial charge in [-0.3, -0.25) is 0 Å². The van der Waals surface area contributed by atoms with Gasteiger partial charge in [0.25, 0.3) is 0 Å². The summed E-state index contributed by atoms with van der Waals surface area (Å²) in [5.74, 6) is 1.34. The van der Waals surface area contributed by atoms with Crippen LogP contribution in [0.5, 0.6) is 5.75 Å². The van der Waals surface area contributed by atoms with Crippen molar-refractivity contribution in [3.8, 4) is 5.75 Å². The van der Waals surface area contributed by atoms with Crippen molar-refractivity contribution in [1.29, 1.82) is 0 Å². The van der Waals surface area contributed by atoms with E-state index >= 15 is 0 Å². The standard InChI is InChI=1S/C14H11Br2ClO3/c15-10-6-12(20-14(10)16)11(18)5-8-4-9(17)3-7-1-2-19-13(7)8/h3-4,6,11,18H,1-2,5H2. The molecule has 0 spiro atoms. The minimum absolute atomic E-state index is 0.398. The Hall–Kier alpha value is -0.490. The van der Waals surface area contributed by atoms with Crippen LogP contribution in [0.2, 0.25) is 5.02 Å². The lowest BCUT2D eigenvalue weighted by molar-refractivity contribution is 0.147. The molecule has 0 bridgehead atoms. The van der Waals surface area contributed by atoms with Gasteiger partial charge >= 0.3 is 0 Å². The van der Waals surface area contributed by atoms with Crippen molar-refractivity contribution < 1.29 is 14.3 Å². The summed E-state index contributed by atoms with van der Waals surface area (Å²) in [5.41, 5.74) is 2.00. The van der Waals surface area contributed by atoms with Crippen LogP contribution in [0.15, 0.2) is 31.8 Å². The second-order valence-electron chi connectivity index (χ2n) is 4.64. The largest absolute Gasteiger partial charge is 0.493 e. The normalized spacial score (nSPS) is 15.0. The zero-order valence-corrected chi connectivity index (χ0v) is 14.3. The molecule has 3 rings (SSSR count).